The van der Waals surface area contributed by atoms with Crippen molar-refractivity contribution in [3.8, 4) is 0 Å². The highest BCUT2D eigenvalue weighted by atomic mass is 16.6. The minimum atomic E-state index is -0.730. The number of hydroxylamine groups is 2. The second kappa shape index (κ2) is 11.1. The summed E-state index contributed by atoms with van der Waals surface area (Å²) < 4.78 is 6.06. The molecule has 0 amide bonds. The molecule has 0 saturated carbocycles. The third kappa shape index (κ3) is 7.63. The number of hydrogen-bond acceptors (Lipinski definition) is 3. The molecule has 0 aliphatic carbocycles. The van der Waals surface area contributed by atoms with Crippen molar-refractivity contribution in [2.45, 2.75) is 116 Å². The lowest BCUT2D eigenvalue weighted by molar-refractivity contribution is -0.296. The molecule has 0 aromatic carbocycles. The van der Waals surface area contributed by atoms with Crippen LogP contribution < -0.4 is 0 Å². The van der Waals surface area contributed by atoms with Gasteiger partial charge in [-0.15, -0.1) is 10.3 Å². The van der Waals surface area contributed by atoms with Crippen LogP contribution in [-0.4, -0.2) is 34.0 Å². The largest absolute Gasteiger partial charge is 0.481 e. The smallest absolute Gasteiger partial charge is 0.303 e. The van der Waals surface area contributed by atoms with E-state index in [4.69, 9.17) is 9.84 Å². The summed E-state index contributed by atoms with van der Waals surface area (Å²) in [5, 5.41) is 22.7. The Morgan fingerprint density at radius 3 is 1.96 bits per heavy atom. The van der Waals surface area contributed by atoms with Gasteiger partial charge in [-0.1, -0.05) is 51.9 Å². The first-order chi connectivity index (χ1) is 11.8. The van der Waals surface area contributed by atoms with Crippen LogP contribution in [-0.2, 0) is 14.7 Å². The van der Waals surface area contributed by atoms with Gasteiger partial charge in [0.25, 0.3) is 0 Å². The third-order valence-electron chi connectivity index (χ3n) is 5.24. The summed E-state index contributed by atoms with van der Waals surface area (Å²) in [5.74, 6) is -0.730. The Morgan fingerprint density at radius 2 is 1.48 bits per heavy atom. The summed E-state index contributed by atoms with van der Waals surface area (Å²) in [6, 6.07) is 0. The van der Waals surface area contributed by atoms with Gasteiger partial charge in [0.1, 0.15) is 5.72 Å². The molecule has 1 aliphatic rings. The Morgan fingerprint density at radius 1 is 0.960 bits per heavy atom. The second-order valence-electron chi connectivity index (χ2n) is 8.17. The molecule has 1 atom stereocenters. The van der Waals surface area contributed by atoms with E-state index < -0.39 is 17.2 Å². The van der Waals surface area contributed by atoms with Crippen molar-refractivity contribution in [1.82, 2.24) is 5.06 Å². The normalized spacial score (nSPS) is 23.2. The number of aliphatic carboxylic acids is 1. The van der Waals surface area contributed by atoms with E-state index in [1.54, 1.807) is 0 Å². The number of rotatable bonds is 14. The molecular formula is C20H38NO4. The van der Waals surface area contributed by atoms with Gasteiger partial charge in [-0.2, -0.15) is 0 Å². The van der Waals surface area contributed by atoms with Crippen molar-refractivity contribution in [2.24, 2.45) is 0 Å². The van der Waals surface area contributed by atoms with Crippen LogP contribution >= 0.6 is 0 Å². The first-order valence-electron chi connectivity index (χ1n) is 10.2. The number of unbranched alkanes of at least 4 members (excludes halogenated alkanes) is 8. The molecule has 5 heteroatoms. The number of carboxylic acid groups (broad SMARTS) is 1. The number of carboxylic acids is 1. The van der Waals surface area contributed by atoms with Gasteiger partial charge >= 0.3 is 5.97 Å². The highest BCUT2D eigenvalue weighted by Crippen LogP contribution is 2.40. The topological polar surface area (TPSA) is 69.7 Å². The van der Waals surface area contributed by atoms with Crippen LogP contribution in [0.1, 0.15) is 104 Å². The summed E-state index contributed by atoms with van der Waals surface area (Å²) in [6.45, 7) is 6.62. The van der Waals surface area contributed by atoms with Crippen molar-refractivity contribution < 1.29 is 19.8 Å². The van der Waals surface area contributed by atoms with Crippen molar-refractivity contribution in [3.63, 3.8) is 0 Å². The van der Waals surface area contributed by atoms with Crippen molar-refractivity contribution >= 4 is 5.97 Å². The van der Waals surface area contributed by atoms with Crippen molar-refractivity contribution in [2.75, 3.05) is 6.61 Å². The molecule has 1 aliphatic heterocycles. The van der Waals surface area contributed by atoms with Gasteiger partial charge in [-0.05, 0) is 46.0 Å². The highest BCUT2D eigenvalue weighted by Gasteiger charge is 2.51. The summed E-state index contributed by atoms with van der Waals surface area (Å²) >= 11 is 0. The minimum absolute atomic E-state index is 0.236. The molecule has 1 unspecified atom stereocenters. The van der Waals surface area contributed by atoms with Crippen LogP contribution in [0.25, 0.3) is 0 Å². The number of carbonyl (C=O) groups is 1. The number of ether oxygens (including phenoxy) is 1. The van der Waals surface area contributed by atoms with E-state index in [9.17, 15) is 10.0 Å². The van der Waals surface area contributed by atoms with E-state index in [1.165, 1.54) is 30.7 Å². The van der Waals surface area contributed by atoms with Crippen molar-refractivity contribution in [1.29, 1.82) is 0 Å². The lowest BCUT2D eigenvalue weighted by Crippen LogP contribution is -2.49. The third-order valence-corrected chi connectivity index (χ3v) is 5.24. The molecule has 1 rings (SSSR count). The Bertz CT molecular complexity index is 386. The van der Waals surface area contributed by atoms with Crippen LogP contribution in [0, 0.1) is 0 Å². The second-order valence-corrected chi connectivity index (χ2v) is 8.17. The molecule has 1 fully saturated rings. The summed E-state index contributed by atoms with van der Waals surface area (Å²) in [4.78, 5) is 10.6. The molecule has 5 nitrogen and oxygen atoms in total. The van der Waals surface area contributed by atoms with Crippen LogP contribution in [0.5, 0.6) is 0 Å². The lowest BCUT2D eigenvalue weighted by Gasteiger charge is -2.35. The molecule has 1 N–H and O–H groups in total. The van der Waals surface area contributed by atoms with Crippen LogP contribution in [0.15, 0.2) is 0 Å². The maximum absolute atomic E-state index is 12.8. The van der Waals surface area contributed by atoms with E-state index in [1.807, 2.05) is 13.8 Å². The minimum Gasteiger partial charge on any atom is -0.481 e. The van der Waals surface area contributed by atoms with Crippen molar-refractivity contribution in [3.05, 3.63) is 0 Å². The fourth-order valence-electron chi connectivity index (χ4n) is 3.66. The SMILES string of the molecule is CCCCCCCCC1(CCCCCCC(=O)O)OCC(C)(C)N1[O]. The quantitative estimate of drug-likeness (QED) is 0.428. The first-order valence-corrected chi connectivity index (χ1v) is 10.2. The summed E-state index contributed by atoms with van der Waals surface area (Å²) in [6.07, 6.45) is 12.6. The van der Waals surface area contributed by atoms with E-state index in [-0.39, 0.29) is 6.42 Å². The fourth-order valence-corrected chi connectivity index (χ4v) is 3.66. The fraction of sp³-hybridized carbons (Fsp3) is 0.950. The van der Waals surface area contributed by atoms with Gasteiger partial charge < -0.3 is 9.84 Å². The number of hydrogen-bond donors (Lipinski definition) is 1. The zero-order chi connectivity index (χ0) is 18.8. The predicted molar refractivity (Wildman–Crippen MR) is 98.6 cm³/mol. The molecule has 147 valence electrons. The standard InChI is InChI=1S/C20H38NO4/c1-4-5-6-7-9-12-15-20(21(24)19(2,3)17-25-20)16-13-10-8-11-14-18(22)23/h4-17H2,1-3H3,(H,22,23). The van der Waals surface area contributed by atoms with E-state index in [0.29, 0.717) is 13.0 Å². The monoisotopic (exact) mass is 356 g/mol. The molecule has 1 heterocycles. The van der Waals surface area contributed by atoms with Gasteiger partial charge in [0.2, 0.25) is 0 Å². The Hall–Kier alpha value is -0.650. The van der Waals surface area contributed by atoms with E-state index in [2.05, 4.69) is 6.92 Å². The Kier molecular flexibility index (Phi) is 9.98. The molecule has 0 aromatic heterocycles. The highest BCUT2D eigenvalue weighted by molar-refractivity contribution is 5.66. The van der Waals surface area contributed by atoms with E-state index >= 15 is 0 Å². The van der Waals surface area contributed by atoms with Gasteiger partial charge in [-0.3, -0.25) is 4.79 Å². The van der Waals surface area contributed by atoms with Gasteiger partial charge in [0.15, 0.2) is 0 Å². The van der Waals surface area contributed by atoms with Crippen LogP contribution in [0.3, 0.4) is 0 Å². The maximum atomic E-state index is 12.8. The van der Waals surface area contributed by atoms with Crippen LogP contribution in [0.4, 0.5) is 0 Å². The number of nitrogens with zero attached hydrogens (tertiary/aromatic N) is 1. The lowest BCUT2D eigenvalue weighted by atomic mass is 9.95. The average molecular weight is 357 g/mol. The van der Waals surface area contributed by atoms with Crippen LogP contribution in [0.2, 0.25) is 0 Å². The zero-order valence-corrected chi connectivity index (χ0v) is 16.5. The van der Waals surface area contributed by atoms with Gasteiger partial charge in [-0.25, -0.2) is 0 Å². The van der Waals surface area contributed by atoms with Gasteiger partial charge in [0.05, 0.1) is 12.1 Å². The summed E-state index contributed by atoms with van der Waals surface area (Å²) in [5.41, 5.74) is -1.12. The predicted octanol–water partition coefficient (Wildman–Crippen LogP) is 5.31. The van der Waals surface area contributed by atoms with E-state index in [0.717, 1.165) is 44.9 Å². The Labute approximate surface area is 153 Å². The van der Waals surface area contributed by atoms with Gasteiger partial charge in [0, 0.05) is 6.42 Å². The molecule has 0 bridgehead atoms. The molecule has 1 saturated heterocycles. The zero-order valence-electron chi connectivity index (χ0n) is 16.5. The first kappa shape index (κ1) is 22.4. The maximum Gasteiger partial charge on any atom is 0.303 e. The molecule has 25 heavy (non-hydrogen) atoms. The Balaban J connectivity index is 2.40. The molecule has 1 radical (unpaired) electrons. The molecular weight excluding hydrogens is 318 g/mol. The summed E-state index contributed by atoms with van der Waals surface area (Å²) in [7, 11) is 0. The molecule has 0 spiro atoms. The molecule has 0 aromatic rings. The average Bonchev–Trinajstić information content (AvgIpc) is 2.78.